The van der Waals surface area contributed by atoms with Crippen molar-refractivity contribution in [1.29, 1.82) is 0 Å². The van der Waals surface area contributed by atoms with Crippen LogP contribution >= 0.6 is 0 Å². The lowest BCUT2D eigenvalue weighted by molar-refractivity contribution is 0.105. The predicted octanol–water partition coefficient (Wildman–Crippen LogP) is 0.711. The van der Waals surface area contributed by atoms with E-state index < -0.39 is 0 Å². The minimum Gasteiger partial charge on any atom is -0.392 e. The molecular formula is C9H17NO. The normalized spacial score (nSPS) is 14.6. The zero-order valence-electron chi connectivity index (χ0n) is 7.76. The van der Waals surface area contributed by atoms with Crippen LogP contribution in [0.15, 0.2) is 0 Å². The molecule has 2 heteroatoms. The molecule has 0 saturated heterocycles. The van der Waals surface area contributed by atoms with Crippen molar-refractivity contribution in [2.24, 2.45) is 0 Å². The van der Waals surface area contributed by atoms with Crippen LogP contribution in [0.5, 0.6) is 0 Å². The molecule has 11 heavy (non-hydrogen) atoms. The fraction of sp³-hybridized carbons (Fsp3) is 0.778. The van der Waals surface area contributed by atoms with E-state index in [1.54, 1.807) is 6.92 Å². The second kappa shape index (κ2) is 3.75. The third kappa shape index (κ3) is 3.41. The number of β-amino-alcohol motifs (C(OH)–C–C–N with tert-alkyl or cyclic N) is 1. The fourth-order valence-electron chi connectivity index (χ4n) is 0.735. The van der Waals surface area contributed by atoms with Gasteiger partial charge in [0.1, 0.15) is 0 Å². The molecule has 0 amide bonds. The zero-order chi connectivity index (χ0) is 9.07. The smallest absolute Gasteiger partial charge is 0.0764 e. The average Bonchev–Trinajstić information content (AvgIpc) is 1.86. The van der Waals surface area contributed by atoms with Gasteiger partial charge in [-0.2, -0.15) is 0 Å². The van der Waals surface area contributed by atoms with E-state index in [2.05, 4.69) is 5.92 Å². The van der Waals surface area contributed by atoms with E-state index in [4.69, 9.17) is 11.5 Å². The summed E-state index contributed by atoms with van der Waals surface area (Å²) < 4.78 is 0. The Morgan fingerprint density at radius 3 is 2.36 bits per heavy atom. The van der Waals surface area contributed by atoms with Crippen molar-refractivity contribution in [3.05, 3.63) is 0 Å². The number of nitrogens with zero attached hydrogens (tertiary/aromatic N) is 1. The summed E-state index contributed by atoms with van der Waals surface area (Å²) in [6.07, 6.45) is 4.98. The molecule has 0 aromatic rings. The Morgan fingerprint density at radius 2 is 2.09 bits per heavy atom. The van der Waals surface area contributed by atoms with Crippen molar-refractivity contribution in [1.82, 2.24) is 4.90 Å². The Kier molecular flexibility index (Phi) is 3.57. The molecule has 2 nitrogen and oxygen atoms in total. The van der Waals surface area contributed by atoms with Gasteiger partial charge in [-0.25, -0.2) is 0 Å². The van der Waals surface area contributed by atoms with Crippen molar-refractivity contribution in [3.8, 4) is 12.3 Å². The Balaban J connectivity index is 4.04. The van der Waals surface area contributed by atoms with Gasteiger partial charge in [-0.1, -0.05) is 5.92 Å². The lowest BCUT2D eigenvalue weighted by Crippen LogP contribution is -2.43. The average molecular weight is 155 g/mol. The number of hydrogen-bond acceptors (Lipinski definition) is 2. The summed E-state index contributed by atoms with van der Waals surface area (Å²) in [6, 6.07) is 0. The van der Waals surface area contributed by atoms with Crippen LogP contribution in [-0.4, -0.2) is 35.2 Å². The fourth-order valence-corrected chi connectivity index (χ4v) is 0.735. The maximum absolute atomic E-state index is 9.07. The van der Waals surface area contributed by atoms with Gasteiger partial charge >= 0.3 is 0 Å². The van der Waals surface area contributed by atoms with E-state index in [9.17, 15) is 0 Å². The minimum atomic E-state index is -0.326. The predicted molar refractivity (Wildman–Crippen MR) is 47.2 cm³/mol. The molecule has 1 atom stereocenters. The van der Waals surface area contributed by atoms with E-state index in [1.807, 2.05) is 25.8 Å². The molecule has 0 fully saturated rings. The van der Waals surface area contributed by atoms with Crippen LogP contribution in [0.4, 0.5) is 0 Å². The van der Waals surface area contributed by atoms with Crippen LogP contribution in [0.1, 0.15) is 20.8 Å². The van der Waals surface area contributed by atoms with Crippen molar-refractivity contribution < 1.29 is 5.11 Å². The molecule has 1 N–H and O–H groups in total. The van der Waals surface area contributed by atoms with Gasteiger partial charge in [0.15, 0.2) is 0 Å². The lowest BCUT2D eigenvalue weighted by atomic mass is 10.1. The van der Waals surface area contributed by atoms with Crippen molar-refractivity contribution in [2.45, 2.75) is 32.4 Å². The number of aliphatic hydroxyl groups excluding tert-OH is 1. The number of aliphatic hydroxyl groups is 1. The van der Waals surface area contributed by atoms with Gasteiger partial charge in [-0.15, -0.1) is 6.42 Å². The lowest BCUT2D eigenvalue weighted by Gasteiger charge is -2.31. The van der Waals surface area contributed by atoms with E-state index in [0.29, 0.717) is 6.54 Å². The first-order valence-corrected chi connectivity index (χ1v) is 3.77. The maximum atomic E-state index is 9.07. The van der Waals surface area contributed by atoms with E-state index in [-0.39, 0.29) is 11.6 Å². The Labute approximate surface area is 69.2 Å². The quantitative estimate of drug-likeness (QED) is 0.607. The van der Waals surface area contributed by atoms with Gasteiger partial charge in [0.25, 0.3) is 0 Å². The third-order valence-electron chi connectivity index (χ3n) is 1.85. The standard InChI is InChI=1S/C9H17NO/c1-6-9(3,4)10(5)7-8(2)11/h1,8,11H,7H2,2-5H3. The topological polar surface area (TPSA) is 23.5 Å². The van der Waals surface area contributed by atoms with Crippen LogP contribution in [0.25, 0.3) is 0 Å². The van der Waals surface area contributed by atoms with Crippen LogP contribution < -0.4 is 0 Å². The number of hydrogen-bond donors (Lipinski definition) is 1. The summed E-state index contributed by atoms with van der Waals surface area (Å²) in [7, 11) is 1.91. The maximum Gasteiger partial charge on any atom is 0.0764 e. The number of likely N-dealkylation sites (N-methyl/N-ethyl adjacent to an activating group) is 1. The molecule has 64 valence electrons. The summed E-state index contributed by atoms with van der Waals surface area (Å²) in [4.78, 5) is 1.96. The minimum absolute atomic E-state index is 0.267. The van der Waals surface area contributed by atoms with Gasteiger partial charge in [0.05, 0.1) is 11.6 Å². The monoisotopic (exact) mass is 155 g/mol. The van der Waals surface area contributed by atoms with Crippen LogP contribution in [0.3, 0.4) is 0 Å². The summed E-state index contributed by atoms with van der Waals surface area (Å²) in [5.41, 5.74) is -0.267. The van der Waals surface area contributed by atoms with E-state index in [1.165, 1.54) is 0 Å². The van der Waals surface area contributed by atoms with Crippen molar-refractivity contribution >= 4 is 0 Å². The Bertz CT molecular complexity index is 155. The van der Waals surface area contributed by atoms with Gasteiger partial charge in [-0.3, -0.25) is 4.90 Å². The second-order valence-electron chi connectivity index (χ2n) is 3.43. The second-order valence-corrected chi connectivity index (χ2v) is 3.43. The molecular weight excluding hydrogens is 138 g/mol. The Morgan fingerprint density at radius 1 is 1.64 bits per heavy atom. The molecule has 0 aromatic carbocycles. The van der Waals surface area contributed by atoms with E-state index in [0.717, 1.165) is 0 Å². The SMILES string of the molecule is C#CC(C)(C)N(C)CC(C)O. The van der Waals surface area contributed by atoms with Crippen molar-refractivity contribution in [3.63, 3.8) is 0 Å². The molecule has 0 aromatic heterocycles. The highest BCUT2D eigenvalue weighted by atomic mass is 16.3. The number of terminal acetylenes is 1. The molecule has 0 radical (unpaired) electrons. The first kappa shape index (κ1) is 10.5. The van der Waals surface area contributed by atoms with Gasteiger partial charge in [0.2, 0.25) is 0 Å². The molecule has 0 spiro atoms. The summed E-state index contributed by atoms with van der Waals surface area (Å²) >= 11 is 0. The molecule has 0 bridgehead atoms. The van der Waals surface area contributed by atoms with Gasteiger partial charge in [0, 0.05) is 6.54 Å². The van der Waals surface area contributed by atoms with Crippen LogP contribution in [0, 0.1) is 12.3 Å². The first-order valence-electron chi connectivity index (χ1n) is 3.77. The summed E-state index contributed by atoms with van der Waals surface area (Å²) in [5, 5.41) is 9.07. The molecule has 0 saturated carbocycles. The molecule has 0 heterocycles. The number of rotatable bonds is 3. The molecule has 0 aliphatic carbocycles. The summed E-state index contributed by atoms with van der Waals surface area (Å²) in [5.74, 6) is 2.66. The highest BCUT2D eigenvalue weighted by Gasteiger charge is 2.20. The largest absolute Gasteiger partial charge is 0.392 e. The summed E-state index contributed by atoms with van der Waals surface area (Å²) in [6.45, 7) is 6.27. The molecule has 0 rings (SSSR count). The highest BCUT2D eigenvalue weighted by Crippen LogP contribution is 2.10. The van der Waals surface area contributed by atoms with Gasteiger partial charge < -0.3 is 5.11 Å². The highest BCUT2D eigenvalue weighted by molar-refractivity contribution is 5.07. The van der Waals surface area contributed by atoms with E-state index >= 15 is 0 Å². The Hall–Kier alpha value is -0.520. The first-order chi connectivity index (χ1) is 4.90. The van der Waals surface area contributed by atoms with Crippen LogP contribution in [0.2, 0.25) is 0 Å². The van der Waals surface area contributed by atoms with Crippen LogP contribution in [-0.2, 0) is 0 Å². The third-order valence-corrected chi connectivity index (χ3v) is 1.85. The van der Waals surface area contributed by atoms with Crippen molar-refractivity contribution in [2.75, 3.05) is 13.6 Å². The molecule has 0 aliphatic heterocycles. The molecule has 0 aliphatic rings. The molecule has 1 unspecified atom stereocenters. The zero-order valence-corrected chi connectivity index (χ0v) is 7.76. The van der Waals surface area contributed by atoms with Gasteiger partial charge in [-0.05, 0) is 27.8 Å².